The molecule has 0 saturated heterocycles. The summed E-state index contributed by atoms with van der Waals surface area (Å²) in [6.07, 6.45) is 0.527. The molecular formula is C9H18AsNO6S. The summed E-state index contributed by atoms with van der Waals surface area (Å²) in [6.45, 7) is 3.94. The van der Waals surface area contributed by atoms with Crippen molar-refractivity contribution in [1.82, 2.24) is 4.72 Å². The van der Waals surface area contributed by atoms with Crippen LogP contribution in [-0.4, -0.2) is 48.3 Å². The predicted octanol–water partition coefficient (Wildman–Crippen LogP) is 0.175. The number of carbonyl (C=O) groups excluding carboxylic acids is 2. The maximum atomic E-state index is 11.4. The van der Waals surface area contributed by atoms with E-state index in [0.717, 1.165) is 6.42 Å². The van der Waals surface area contributed by atoms with E-state index >= 15 is 0 Å². The minimum absolute atomic E-state index is 0.175. The SMILES string of the molecule is CCCCOC(=O)NS(=O)(=O)[AsH]CC(=O)OCC. The number of rotatable bonds is 8. The van der Waals surface area contributed by atoms with Crippen LogP contribution in [0.25, 0.3) is 0 Å². The summed E-state index contributed by atoms with van der Waals surface area (Å²) in [7, 11) is -3.73. The molecule has 0 aromatic heterocycles. The van der Waals surface area contributed by atoms with Gasteiger partial charge in [-0.3, -0.25) is 0 Å². The summed E-state index contributed by atoms with van der Waals surface area (Å²) in [6, 6.07) is 0. The van der Waals surface area contributed by atoms with Crippen LogP contribution >= 0.6 is 0 Å². The molecule has 0 aliphatic carbocycles. The first-order valence-electron chi connectivity index (χ1n) is 5.51. The molecule has 0 aromatic rings. The van der Waals surface area contributed by atoms with Crippen LogP contribution < -0.4 is 4.72 Å². The molecule has 0 fully saturated rings. The molecule has 0 heterocycles. The van der Waals surface area contributed by atoms with Gasteiger partial charge in [0.1, 0.15) is 0 Å². The van der Waals surface area contributed by atoms with Crippen molar-refractivity contribution in [3.8, 4) is 0 Å². The van der Waals surface area contributed by atoms with E-state index < -0.39 is 34.9 Å². The molecule has 1 unspecified atom stereocenters. The third-order valence-electron chi connectivity index (χ3n) is 1.66. The second-order valence-electron chi connectivity index (χ2n) is 3.22. The van der Waals surface area contributed by atoms with Crippen LogP contribution in [0.3, 0.4) is 0 Å². The standard InChI is InChI=1S/C9H18AsNO6S/c1-3-5-6-17-9(13)11-18(14,15)10-7-8(12)16-4-2/h10H,3-7H2,1-2H3,(H,11,13). The van der Waals surface area contributed by atoms with Crippen LogP contribution in [0, 0.1) is 0 Å². The Hall–Kier alpha value is -0.752. The van der Waals surface area contributed by atoms with Crippen molar-refractivity contribution in [3.05, 3.63) is 0 Å². The molecule has 1 N–H and O–H groups in total. The maximum absolute atomic E-state index is 11.4. The van der Waals surface area contributed by atoms with Crippen molar-refractivity contribution >= 4 is 34.9 Å². The number of nitrogens with one attached hydrogen (secondary N) is 1. The number of ether oxygens (including phenoxy) is 2. The molecule has 0 radical (unpaired) electrons. The Morgan fingerprint density at radius 2 is 1.89 bits per heavy atom. The number of carbonyl (C=O) groups is 2. The van der Waals surface area contributed by atoms with Crippen molar-refractivity contribution in [2.45, 2.75) is 31.9 Å². The summed E-state index contributed by atoms with van der Waals surface area (Å²) in [5.74, 6) is -0.567. The molecule has 0 bridgehead atoms. The molecule has 1 atom stereocenters. The number of hydrogen-bond acceptors (Lipinski definition) is 6. The molecule has 0 aliphatic rings. The zero-order chi connectivity index (χ0) is 14.0. The van der Waals surface area contributed by atoms with Gasteiger partial charge in [0, 0.05) is 0 Å². The van der Waals surface area contributed by atoms with Crippen molar-refractivity contribution in [2.24, 2.45) is 0 Å². The van der Waals surface area contributed by atoms with Gasteiger partial charge < -0.3 is 0 Å². The molecule has 18 heavy (non-hydrogen) atoms. The van der Waals surface area contributed by atoms with Crippen LogP contribution in [-0.2, 0) is 22.6 Å². The minimum atomic E-state index is -3.73. The molecule has 106 valence electrons. The van der Waals surface area contributed by atoms with E-state index in [-0.39, 0.29) is 18.4 Å². The second kappa shape index (κ2) is 9.21. The molecule has 0 rings (SSSR count). The van der Waals surface area contributed by atoms with Gasteiger partial charge >= 0.3 is 112 Å². The summed E-state index contributed by atoms with van der Waals surface area (Å²) in [5, 5.41) is -0.175. The Labute approximate surface area is 112 Å². The first kappa shape index (κ1) is 17.2. The Morgan fingerprint density at radius 1 is 1.22 bits per heavy atom. The summed E-state index contributed by atoms with van der Waals surface area (Å²) in [5.41, 5.74) is 0. The zero-order valence-corrected chi connectivity index (χ0v) is 13.3. The van der Waals surface area contributed by atoms with E-state index in [2.05, 4.69) is 9.47 Å². The molecule has 1 amide bonds. The Balaban J connectivity index is 3.99. The summed E-state index contributed by atoms with van der Waals surface area (Å²) < 4.78 is 33.9. The van der Waals surface area contributed by atoms with Gasteiger partial charge in [0.05, 0.1) is 0 Å². The van der Waals surface area contributed by atoms with Gasteiger partial charge in [-0.2, -0.15) is 0 Å². The number of esters is 1. The molecule has 9 heteroatoms. The molecule has 0 saturated carbocycles. The van der Waals surface area contributed by atoms with E-state index in [4.69, 9.17) is 0 Å². The van der Waals surface area contributed by atoms with Crippen LogP contribution in [0.15, 0.2) is 0 Å². The number of unbranched alkanes of at least 4 members (excludes halogenated alkanes) is 1. The van der Waals surface area contributed by atoms with Crippen LogP contribution in [0.2, 0.25) is 5.21 Å². The van der Waals surface area contributed by atoms with Gasteiger partial charge in [0.2, 0.25) is 0 Å². The summed E-state index contributed by atoms with van der Waals surface area (Å²) in [4.78, 5) is 22.1. The van der Waals surface area contributed by atoms with Gasteiger partial charge in [0.15, 0.2) is 0 Å². The Morgan fingerprint density at radius 3 is 2.44 bits per heavy atom. The van der Waals surface area contributed by atoms with Crippen LogP contribution in [0.1, 0.15) is 26.7 Å². The number of hydrogen-bond donors (Lipinski definition) is 1. The fourth-order valence-corrected chi connectivity index (χ4v) is 4.64. The average molecular weight is 343 g/mol. The van der Waals surface area contributed by atoms with E-state index in [0.29, 0.717) is 6.42 Å². The van der Waals surface area contributed by atoms with Crippen molar-refractivity contribution in [1.29, 1.82) is 0 Å². The molecule has 7 nitrogen and oxygen atoms in total. The zero-order valence-electron chi connectivity index (χ0n) is 10.4. The van der Waals surface area contributed by atoms with Gasteiger partial charge in [-0.15, -0.1) is 0 Å². The fraction of sp³-hybridized carbons (Fsp3) is 0.778. The fourth-order valence-electron chi connectivity index (χ4n) is 0.850. The van der Waals surface area contributed by atoms with Gasteiger partial charge in [0.25, 0.3) is 0 Å². The van der Waals surface area contributed by atoms with Crippen LogP contribution in [0.5, 0.6) is 0 Å². The Bertz CT molecular complexity index is 369. The van der Waals surface area contributed by atoms with Crippen molar-refractivity contribution < 1.29 is 27.5 Å². The third kappa shape index (κ3) is 9.30. The normalized spacial score (nSPS) is 11.4. The van der Waals surface area contributed by atoms with E-state index in [9.17, 15) is 18.0 Å². The van der Waals surface area contributed by atoms with E-state index in [1.54, 1.807) is 11.6 Å². The molecular weight excluding hydrogens is 325 g/mol. The Kier molecular flexibility index (Phi) is 8.83. The van der Waals surface area contributed by atoms with Crippen molar-refractivity contribution in [2.75, 3.05) is 13.2 Å². The van der Waals surface area contributed by atoms with E-state index in [1.165, 1.54) is 0 Å². The first-order valence-corrected chi connectivity index (χ1v) is 11.0. The summed E-state index contributed by atoms with van der Waals surface area (Å²) >= 11 is -1.68. The van der Waals surface area contributed by atoms with Crippen molar-refractivity contribution in [3.63, 3.8) is 0 Å². The van der Waals surface area contributed by atoms with Gasteiger partial charge in [-0.05, 0) is 0 Å². The number of amides is 1. The molecule has 0 spiro atoms. The van der Waals surface area contributed by atoms with Gasteiger partial charge in [-0.1, -0.05) is 0 Å². The average Bonchev–Trinajstić information content (AvgIpc) is 2.27. The monoisotopic (exact) mass is 343 g/mol. The predicted molar refractivity (Wildman–Crippen MR) is 66.9 cm³/mol. The first-order chi connectivity index (χ1) is 8.41. The van der Waals surface area contributed by atoms with Gasteiger partial charge in [-0.25, -0.2) is 0 Å². The van der Waals surface area contributed by atoms with Crippen LogP contribution in [0.4, 0.5) is 4.79 Å². The third-order valence-corrected chi connectivity index (χ3v) is 7.17. The van der Waals surface area contributed by atoms with E-state index in [1.807, 2.05) is 6.92 Å². The molecule has 0 aromatic carbocycles. The quantitative estimate of drug-likeness (QED) is 0.383. The second-order valence-corrected chi connectivity index (χ2v) is 10.7. The topological polar surface area (TPSA) is 98.8 Å². The molecule has 0 aliphatic heterocycles.